The first-order chi connectivity index (χ1) is 8.47. The van der Waals surface area contributed by atoms with Crippen LogP contribution in [0.3, 0.4) is 0 Å². The molecule has 0 radical (unpaired) electrons. The maximum absolute atomic E-state index is 6.05. The molecule has 1 aliphatic rings. The third-order valence-corrected chi connectivity index (χ3v) is 3.34. The second-order valence-electron chi connectivity index (χ2n) is 5.96. The van der Waals surface area contributed by atoms with Crippen molar-refractivity contribution in [2.75, 3.05) is 13.2 Å². The number of hydrogen-bond acceptors (Lipinski definition) is 3. The Bertz CT molecular complexity index is 398. The van der Waals surface area contributed by atoms with Crippen molar-refractivity contribution in [3.8, 4) is 5.75 Å². The lowest BCUT2D eigenvalue weighted by Gasteiger charge is -2.29. The molecule has 0 amide bonds. The molecule has 1 aromatic carbocycles. The van der Waals surface area contributed by atoms with Gasteiger partial charge in [0, 0.05) is 12.6 Å². The van der Waals surface area contributed by atoms with E-state index in [1.54, 1.807) is 0 Å². The van der Waals surface area contributed by atoms with E-state index in [4.69, 9.17) is 15.2 Å². The zero-order valence-electron chi connectivity index (χ0n) is 11.5. The van der Waals surface area contributed by atoms with Crippen molar-refractivity contribution >= 4 is 0 Å². The van der Waals surface area contributed by atoms with Gasteiger partial charge in [-0.3, -0.25) is 0 Å². The highest BCUT2D eigenvalue weighted by Crippen LogP contribution is 2.26. The lowest BCUT2D eigenvalue weighted by Crippen LogP contribution is -2.46. The molecule has 2 rings (SSSR count). The Labute approximate surface area is 109 Å². The van der Waals surface area contributed by atoms with Crippen LogP contribution in [0.15, 0.2) is 24.3 Å². The highest BCUT2D eigenvalue weighted by Gasteiger charge is 2.24. The molecule has 1 aromatic rings. The average Bonchev–Trinajstić information content (AvgIpc) is 2.31. The van der Waals surface area contributed by atoms with Gasteiger partial charge in [0.15, 0.2) is 0 Å². The predicted molar refractivity (Wildman–Crippen MR) is 73.0 cm³/mol. The lowest BCUT2D eigenvalue weighted by atomic mass is 9.87. The van der Waals surface area contributed by atoms with Crippen LogP contribution in [0.5, 0.6) is 5.75 Å². The van der Waals surface area contributed by atoms with Crippen molar-refractivity contribution < 1.29 is 9.47 Å². The van der Waals surface area contributed by atoms with Gasteiger partial charge in [0.2, 0.25) is 0 Å². The highest BCUT2D eigenvalue weighted by molar-refractivity contribution is 5.32. The maximum Gasteiger partial charge on any atom is 0.137 e. The summed E-state index contributed by atoms with van der Waals surface area (Å²) in [6.07, 6.45) is 0.831. The van der Waals surface area contributed by atoms with Crippen molar-refractivity contribution in [2.24, 2.45) is 5.73 Å². The van der Waals surface area contributed by atoms with Gasteiger partial charge >= 0.3 is 0 Å². The summed E-state index contributed by atoms with van der Waals surface area (Å²) in [6, 6.07) is 8.31. The Kier molecular flexibility index (Phi) is 3.93. The molecule has 0 spiro atoms. The Balaban J connectivity index is 2.09. The lowest BCUT2D eigenvalue weighted by molar-refractivity contribution is -0.00536. The second kappa shape index (κ2) is 5.29. The number of ether oxygens (including phenoxy) is 2. The van der Waals surface area contributed by atoms with Gasteiger partial charge in [0.05, 0.1) is 6.61 Å². The van der Waals surface area contributed by atoms with Crippen molar-refractivity contribution in [2.45, 2.75) is 44.8 Å². The Hall–Kier alpha value is -1.06. The molecule has 3 heteroatoms. The van der Waals surface area contributed by atoms with Gasteiger partial charge in [-0.1, -0.05) is 32.9 Å². The molecule has 1 saturated heterocycles. The fourth-order valence-corrected chi connectivity index (χ4v) is 2.06. The molecule has 2 unspecified atom stereocenters. The SMILES string of the molecule is CC(C)(C)c1cccc(OC2COCCC2N)c1. The van der Waals surface area contributed by atoms with Gasteiger partial charge in [-0.2, -0.15) is 0 Å². The quantitative estimate of drug-likeness (QED) is 0.875. The Morgan fingerprint density at radius 1 is 1.33 bits per heavy atom. The van der Waals surface area contributed by atoms with E-state index in [0.29, 0.717) is 6.61 Å². The third-order valence-electron chi connectivity index (χ3n) is 3.34. The molecule has 0 bridgehead atoms. The van der Waals surface area contributed by atoms with Gasteiger partial charge in [0.1, 0.15) is 11.9 Å². The maximum atomic E-state index is 6.05. The molecule has 100 valence electrons. The summed E-state index contributed by atoms with van der Waals surface area (Å²) in [5, 5.41) is 0. The van der Waals surface area contributed by atoms with Crippen molar-refractivity contribution in [3.63, 3.8) is 0 Å². The predicted octanol–water partition coefficient (Wildman–Crippen LogP) is 2.48. The first kappa shape index (κ1) is 13.4. The molecule has 0 aromatic heterocycles. The number of rotatable bonds is 2. The van der Waals surface area contributed by atoms with Gasteiger partial charge in [-0.15, -0.1) is 0 Å². The minimum absolute atomic E-state index is 0.0334. The van der Waals surface area contributed by atoms with Crippen LogP contribution >= 0.6 is 0 Å². The normalized spacial score (nSPS) is 24.9. The molecule has 2 atom stereocenters. The van der Waals surface area contributed by atoms with Crippen LogP contribution in [0, 0.1) is 0 Å². The van der Waals surface area contributed by atoms with E-state index in [1.807, 2.05) is 12.1 Å². The standard InChI is InChI=1S/C15H23NO2/c1-15(2,3)11-5-4-6-12(9-11)18-14-10-17-8-7-13(14)16/h4-6,9,13-14H,7-8,10,16H2,1-3H3. The van der Waals surface area contributed by atoms with Crippen LogP contribution in [0.1, 0.15) is 32.8 Å². The topological polar surface area (TPSA) is 44.5 Å². The van der Waals surface area contributed by atoms with Crippen LogP contribution in [-0.4, -0.2) is 25.4 Å². The zero-order chi connectivity index (χ0) is 13.2. The molecule has 2 N–H and O–H groups in total. The fraction of sp³-hybridized carbons (Fsp3) is 0.600. The molecule has 1 aliphatic heterocycles. The number of hydrogen-bond donors (Lipinski definition) is 1. The minimum atomic E-state index is -0.0334. The van der Waals surface area contributed by atoms with Crippen LogP contribution < -0.4 is 10.5 Å². The fourth-order valence-electron chi connectivity index (χ4n) is 2.06. The third kappa shape index (κ3) is 3.24. The molecule has 0 saturated carbocycles. The van der Waals surface area contributed by atoms with E-state index in [-0.39, 0.29) is 17.6 Å². The van der Waals surface area contributed by atoms with E-state index in [2.05, 4.69) is 32.9 Å². The van der Waals surface area contributed by atoms with E-state index in [9.17, 15) is 0 Å². The zero-order valence-corrected chi connectivity index (χ0v) is 11.5. The van der Waals surface area contributed by atoms with Crippen LogP contribution in [-0.2, 0) is 10.2 Å². The molecule has 18 heavy (non-hydrogen) atoms. The largest absolute Gasteiger partial charge is 0.486 e. The van der Waals surface area contributed by atoms with Crippen molar-refractivity contribution in [3.05, 3.63) is 29.8 Å². The summed E-state index contributed by atoms with van der Waals surface area (Å²) in [5.41, 5.74) is 7.44. The molecule has 3 nitrogen and oxygen atoms in total. The summed E-state index contributed by atoms with van der Waals surface area (Å²) in [6.45, 7) is 7.91. The van der Waals surface area contributed by atoms with Crippen LogP contribution in [0.4, 0.5) is 0 Å². The first-order valence-electron chi connectivity index (χ1n) is 6.57. The first-order valence-corrected chi connectivity index (χ1v) is 6.57. The average molecular weight is 249 g/mol. The van der Waals surface area contributed by atoms with E-state index in [0.717, 1.165) is 18.8 Å². The Morgan fingerprint density at radius 2 is 2.11 bits per heavy atom. The van der Waals surface area contributed by atoms with E-state index < -0.39 is 0 Å². The van der Waals surface area contributed by atoms with Crippen LogP contribution in [0.25, 0.3) is 0 Å². The summed E-state index contributed by atoms with van der Waals surface area (Å²) in [5.74, 6) is 0.883. The van der Waals surface area contributed by atoms with Gasteiger partial charge < -0.3 is 15.2 Å². The van der Waals surface area contributed by atoms with Gasteiger partial charge in [-0.25, -0.2) is 0 Å². The molecule has 0 aliphatic carbocycles. The molecule has 1 heterocycles. The van der Waals surface area contributed by atoms with Crippen molar-refractivity contribution in [1.82, 2.24) is 0 Å². The second-order valence-corrected chi connectivity index (χ2v) is 5.96. The number of nitrogens with two attached hydrogens (primary N) is 1. The van der Waals surface area contributed by atoms with Gasteiger partial charge in [0.25, 0.3) is 0 Å². The van der Waals surface area contributed by atoms with E-state index in [1.165, 1.54) is 5.56 Å². The highest BCUT2D eigenvalue weighted by atomic mass is 16.5. The van der Waals surface area contributed by atoms with E-state index >= 15 is 0 Å². The number of benzene rings is 1. The molecular formula is C15H23NO2. The monoisotopic (exact) mass is 249 g/mol. The van der Waals surface area contributed by atoms with Gasteiger partial charge in [-0.05, 0) is 29.5 Å². The summed E-state index contributed by atoms with van der Waals surface area (Å²) >= 11 is 0. The van der Waals surface area contributed by atoms with Crippen molar-refractivity contribution in [1.29, 1.82) is 0 Å². The molecule has 1 fully saturated rings. The summed E-state index contributed by atoms with van der Waals surface area (Å²) in [7, 11) is 0. The summed E-state index contributed by atoms with van der Waals surface area (Å²) < 4.78 is 11.4. The smallest absolute Gasteiger partial charge is 0.137 e. The van der Waals surface area contributed by atoms with Crippen LogP contribution in [0.2, 0.25) is 0 Å². The summed E-state index contributed by atoms with van der Waals surface area (Å²) in [4.78, 5) is 0. The Morgan fingerprint density at radius 3 is 2.78 bits per heavy atom. The minimum Gasteiger partial charge on any atom is -0.486 e. The molecular weight excluding hydrogens is 226 g/mol.